The van der Waals surface area contributed by atoms with E-state index in [1.807, 2.05) is 6.07 Å². The van der Waals surface area contributed by atoms with Crippen molar-refractivity contribution in [3.63, 3.8) is 0 Å². The monoisotopic (exact) mass is 370 g/mol. The Morgan fingerprint density at radius 1 is 1.24 bits per heavy atom. The highest BCUT2D eigenvalue weighted by Crippen LogP contribution is 2.19. The summed E-state index contributed by atoms with van der Waals surface area (Å²) in [5.41, 5.74) is 1.46. The molecule has 1 aromatic carbocycles. The maximum Gasteiger partial charge on any atom is 0.263 e. The van der Waals surface area contributed by atoms with E-state index in [-0.39, 0.29) is 11.5 Å². The number of aromatic nitrogens is 1. The molecule has 0 atom stereocenters. The number of aliphatic hydroxyl groups is 1. The van der Waals surface area contributed by atoms with E-state index in [4.69, 9.17) is 5.11 Å². The minimum Gasteiger partial charge on any atom is -0.396 e. The first-order chi connectivity index (χ1) is 10.0. The second kappa shape index (κ2) is 7.02. The first kappa shape index (κ1) is 15.9. The Bertz CT molecular complexity index is 720. The summed E-state index contributed by atoms with van der Waals surface area (Å²) < 4.78 is 27.7. The molecule has 0 saturated carbocycles. The van der Waals surface area contributed by atoms with Crippen molar-refractivity contribution in [2.24, 2.45) is 0 Å². The number of benzene rings is 1. The van der Waals surface area contributed by atoms with Gasteiger partial charge in [0.15, 0.2) is 0 Å². The van der Waals surface area contributed by atoms with Gasteiger partial charge < -0.3 is 5.11 Å². The molecule has 0 radical (unpaired) electrons. The van der Waals surface area contributed by atoms with Gasteiger partial charge >= 0.3 is 0 Å². The third-order valence-corrected chi connectivity index (χ3v) is 4.57. The maximum absolute atomic E-state index is 12.3. The van der Waals surface area contributed by atoms with Crippen molar-refractivity contribution >= 4 is 31.6 Å². The lowest BCUT2D eigenvalue weighted by molar-refractivity contribution is 0.288. The van der Waals surface area contributed by atoms with Gasteiger partial charge in [0.05, 0.1) is 0 Å². The lowest BCUT2D eigenvalue weighted by Crippen LogP contribution is -2.13. The fourth-order valence-corrected chi connectivity index (χ4v) is 3.38. The van der Waals surface area contributed by atoms with E-state index < -0.39 is 10.0 Å². The molecule has 5 nitrogen and oxygen atoms in total. The van der Waals surface area contributed by atoms with Gasteiger partial charge in [-0.05, 0) is 52.5 Å². The van der Waals surface area contributed by atoms with Crippen LogP contribution in [-0.4, -0.2) is 25.1 Å². The van der Waals surface area contributed by atoms with Crippen LogP contribution < -0.4 is 4.72 Å². The van der Waals surface area contributed by atoms with Crippen LogP contribution >= 0.6 is 15.9 Å². The molecule has 2 rings (SSSR count). The lowest BCUT2D eigenvalue weighted by Gasteiger charge is -2.09. The van der Waals surface area contributed by atoms with Crippen LogP contribution in [0.4, 0.5) is 5.69 Å². The number of nitrogens with zero attached hydrogens (tertiary/aromatic N) is 1. The molecule has 0 unspecified atom stereocenters. The Balaban J connectivity index is 2.20. The Kier molecular flexibility index (Phi) is 5.33. The quantitative estimate of drug-likeness (QED) is 0.818. The van der Waals surface area contributed by atoms with Crippen LogP contribution in [0.1, 0.15) is 12.0 Å². The number of hydrogen-bond acceptors (Lipinski definition) is 4. The summed E-state index contributed by atoms with van der Waals surface area (Å²) in [4.78, 5) is 3.95. The van der Waals surface area contributed by atoms with E-state index in [1.165, 1.54) is 18.5 Å². The smallest absolute Gasteiger partial charge is 0.263 e. The van der Waals surface area contributed by atoms with Crippen LogP contribution in [0.5, 0.6) is 0 Å². The average molecular weight is 371 g/mol. The summed E-state index contributed by atoms with van der Waals surface area (Å²) in [6.45, 7) is 0.111. The van der Waals surface area contributed by atoms with Gasteiger partial charge in [-0.15, -0.1) is 0 Å². The minimum absolute atomic E-state index is 0.0950. The topological polar surface area (TPSA) is 79.3 Å². The van der Waals surface area contributed by atoms with Gasteiger partial charge in [-0.1, -0.05) is 12.1 Å². The minimum atomic E-state index is -3.66. The predicted octanol–water partition coefficient (Wildman–Crippen LogP) is 2.57. The van der Waals surface area contributed by atoms with Crippen molar-refractivity contribution < 1.29 is 13.5 Å². The highest BCUT2D eigenvalue weighted by Gasteiger charge is 2.15. The van der Waals surface area contributed by atoms with Crippen molar-refractivity contribution in [1.82, 2.24) is 4.98 Å². The molecule has 21 heavy (non-hydrogen) atoms. The van der Waals surface area contributed by atoms with Crippen LogP contribution in [0.2, 0.25) is 0 Å². The number of aryl methyl sites for hydroxylation is 1. The number of aliphatic hydroxyl groups excluding tert-OH is 1. The second-order valence-corrected chi connectivity index (χ2v) is 7.07. The van der Waals surface area contributed by atoms with Crippen molar-refractivity contribution in [1.29, 1.82) is 0 Å². The number of hydrogen-bond donors (Lipinski definition) is 2. The molecule has 0 aliphatic carbocycles. The summed E-state index contributed by atoms with van der Waals surface area (Å²) in [6.07, 6.45) is 4.16. The zero-order valence-corrected chi connectivity index (χ0v) is 13.6. The molecule has 0 amide bonds. The number of nitrogens with one attached hydrogen (secondary N) is 1. The summed E-state index contributed by atoms with van der Waals surface area (Å²) in [7, 11) is -3.66. The van der Waals surface area contributed by atoms with Crippen LogP contribution in [0, 0.1) is 0 Å². The van der Waals surface area contributed by atoms with Gasteiger partial charge in [0.25, 0.3) is 10.0 Å². The number of rotatable bonds is 6. The van der Waals surface area contributed by atoms with Gasteiger partial charge in [0.2, 0.25) is 0 Å². The zero-order valence-electron chi connectivity index (χ0n) is 11.2. The summed E-state index contributed by atoms with van der Waals surface area (Å²) in [6, 6.07) is 8.62. The number of anilines is 1. The molecule has 0 bridgehead atoms. The molecule has 0 spiro atoms. The normalized spacial score (nSPS) is 11.3. The summed E-state index contributed by atoms with van der Waals surface area (Å²) in [5, 5.41) is 8.84. The van der Waals surface area contributed by atoms with Crippen molar-refractivity contribution in [2.75, 3.05) is 11.3 Å². The van der Waals surface area contributed by atoms with Crippen LogP contribution in [0.3, 0.4) is 0 Å². The van der Waals surface area contributed by atoms with E-state index in [2.05, 4.69) is 25.6 Å². The maximum atomic E-state index is 12.3. The highest BCUT2D eigenvalue weighted by molar-refractivity contribution is 9.10. The molecule has 2 aromatic rings. The van der Waals surface area contributed by atoms with Crippen molar-refractivity contribution in [3.8, 4) is 0 Å². The molecule has 112 valence electrons. The van der Waals surface area contributed by atoms with Crippen LogP contribution in [0.15, 0.2) is 52.1 Å². The fraction of sp³-hybridized carbons (Fsp3) is 0.214. The van der Waals surface area contributed by atoms with Gasteiger partial charge in [0.1, 0.15) is 4.90 Å². The van der Waals surface area contributed by atoms with Gasteiger partial charge in [-0.2, -0.15) is 0 Å². The standard InChI is InChI=1S/C14H15BrN2O3S/c15-12-8-14(10-16-9-12)21(19,20)17-13-5-1-3-11(7-13)4-2-6-18/h1,3,5,7-10,17-18H,2,4,6H2. The highest BCUT2D eigenvalue weighted by atomic mass is 79.9. The lowest BCUT2D eigenvalue weighted by atomic mass is 10.1. The third-order valence-electron chi connectivity index (χ3n) is 2.79. The van der Waals surface area contributed by atoms with E-state index in [9.17, 15) is 8.42 Å². The number of pyridine rings is 1. The second-order valence-electron chi connectivity index (χ2n) is 4.47. The van der Waals surface area contributed by atoms with Gasteiger partial charge in [-0.3, -0.25) is 9.71 Å². The van der Waals surface area contributed by atoms with E-state index >= 15 is 0 Å². The molecule has 0 fully saturated rings. The SMILES string of the molecule is O=S(=O)(Nc1cccc(CCCO)c1)c1cncc(Br)c1. The Hall–Kier alpha value is -1.44. The molecule has 2 N–H and O–H groups in total. The molecular weight excluding hydrogens is 356 g/mol. The van der Waals surface area contributed by atoms with Gasteiger partial charge in [0, 0.05) is 29.2 Å². The molecular formula is C14H15BrN2O3S. The van der Waals surface area contributed by atoms with E-state index in [0.29, 0.717) is 23.0 Å². The summed E-state index contributed by atoms with van der Waals surface area (Å²) >= 11 is 3.20. The molecule has 1 heterocycles. The summed E-state index contributed by atoms with van der Waals surface area (Å²) in [5.74, 6) is 0. The first-order valence-electron chi connectivity index (χ1n) is 6.34. The average Bonchev–Trinajstić information content (AvgIpc) is 2.45. The van der Waals surface area contributed by atoms with Crippen LogP contribution in [-0.2, 0) is 16.4 Å². The van der Waals surface area contributed by atoms with Gasteiger partial charge in [-0.25, -0.2) is 8.42 Å². The fourth-order valence-electron chi connectivity index (χ4n) is 1.83. The molecule has 0 aliphatic rings. The van der Waals surface area contributed by atoms with E-state index in [1.54, 1.807) is 18.2 Å². The number of sulfonamides is 1. The molecule has 1 aromatic heterocycles. The molecule has 7 heteroatoms. The van der Waals surface area contributed by atoms with Crippen LogP contribution in [0.25, 0.3) is 0 Å². The predicted molar refractivity (Wildman–Crippen MR) is 84.6 cm³/mol. The van der Waals surface area contributed by atoms with Crippen molar-refractivity contribution in [3.05, 3.63) is 52.8 Å². The van der Waals surface area contributed by atoms with Crippen molar-refractivity contribution in [2.45, 2.75) is 17.7 Å². The molecule has 0 saturated heterocycles. The first-order valence-corrected chi connectivity index (χ1v) is 8.62. The Morgan fingerprint density at radius 2 is 2.05 bits per heavy atom. The number of halogens is 1. The third kappa shape index (κ3) is 4.52. The largest absolute Gasteiger partial charge is 0.396 e. The zero-order chi connectivity index (χ0) is 15.3. The van der Waals surface area contributed by atoms with E-state index in [0.717, 1.165) is 5.56 Å². The molecule has 0 aliphatic heterocycles. The Morgan fingerprint density at radius 3 is 2.76 bits per heavy atom. The Labute approximate surface area is 132 Å².